The van der Waals surface area contributed by atoms with Crippen LogP contribution < -0.4 is 0 Å². The third kappa shape index (κ3) is 3.79. The number of halogens is 1. The highest BCUT2D eigenvalue weighted by Crippen LogP contribution is 2.35. The van der Waals surface area contributed by atoms with E-state index in [1.54, 1.807) is 6.07 Å². The van der Waals surface area contributed by atoms with Crippen molar-refractivity contribution in [1.82, 2.24) is 4.98 Å². The van der Waals surface area contributed by atoms with Crippen LogP contribution in [0, 0.1) is 10.1 Å². The monoisotopic (exact) mass is 304 g/mol. The molecule has 2 rings (SSSR count). The Hall–Kier alpha value is -1.94. The third-order valence-electron chi connectivity index (χ3n) is 3.31. The van der Waals surface area contributed by atoms with Gasteiger partial charge >= 0.3 is 5.69 Å². The van der Waals surface area contributed by atoms with Gasteiger partial charge in [-0.15, -0.1) is 0 Å². The van der Waals surface area contributed by atoms with Crippen molar-refractivity contribution in [2.75, 3.05) is 0 Å². The van der Waals surface area contributed by atoms with Gasteiger partial charge in [0.05, 0.1) is 10.5 Å². The van der Waals surface area contributed by atoms with Crippen molar-refractivity contribution in [3.05, 3.63) is 57.4 Å². The highest BCUT2D eigenvalue weighted by Gasteiger charge is 2.22. The molecule has 0 radical (unpaired) electrons. The quantitative estimate of drug-likeness (QED) is 0.325. The molecule has 0 saturated carbocycles. The third-order valence-corrected chi connectivity index (χ3v) is 3.57. The van der Waals surface area contributed by atoms with E-state index in [2.05, 4.69) is 11.9 Å². The van der Waals surface area contributed by atoms with Crippen LogP contribution >= 0.6 is 11.6 Å². The second-order valence-corrected chi connectivity index (χ2v) is 5.24. The molecule has 0 saturated heterocycles. The van der Waals surface area contributed by atoms with Gasteiger partial charge in [-0.3, -0.25) is 10.1 Å². The minimum atomic E-state index is -0.465. The Morgan fingerprint density at radius 2 is 1.95 bits per heavy atom. The average molecular weight is 305 g/mol. The molecule has 0 spiro atoms. The lowest BCUT2D eigenvalue weighted by Gasteiger charge is -2.08. The average Bonchev–Trinajstić information content (AvgIpc) is 2.47. The molecule has 4 nitrogen and oxygen atoms in total. The Labute approximate surface area is 128 Å². The number of benzene rings is 1. The first-order valence-corrected chi connectivity index (χ1v) is 7.40. The first-order chi connectivity index (χ1) is 10.1. The molecule has 0 atom stereocenters. The molecule has 5 heteroatoms. The maximum atomic E-state index is 11.3. The highest BCUT2D eigenvalue weighted by atomic mass is 35.5. The largest absolute Gasteiger partial charge is 0.314 e. The van der Waals surface area contributed by atoms with Crippen molar-refractivity contribution in [2.24, 2.45) is 0 Å². The molecule has 0 aliphatic carbocycles. The number of aryl methyl sites for hydroxylation is 1. The molecule has 110 valence electrons. The lowest BCUT2D eigenvalue weighted by Crippen LogP contribution is -1.99. The van der Waals surface area contributed by atoms with Gasteiger partial charge in [0, 0.05) is 5.69 Å². The molecular formula is C16H17ClN2O2. The summed E-state index contributed by atoms with van der Waals surface area (Å²) in [6.45, 7) is 2.13. The van der Waals surface area contributed by atoms with E-state index in [9.17, 15) is 10.1 Å². The van der Waals surface area contributed by atoms with Gasteiger partial charge in [0.2, 0.25) is 5.15 Å². The Morgan fingerprint density at radius 3 is 2.57 bits per heavy atom. The van der Waals surface area contributed by atoms with E-state index >= 15 is 0 Å². The number of aromatic nitrogens is 1. The van der Waals surface area contributed by atoms with Crippen LogP contribution in [0.2, 0.25) is 5.15 Å². The Kier molecular flexibility index (Phi) is 5.28. The second-order valence-electron chi connectivity index (χ2n) is 4.88. The van der Waals surface area contributed by atoms with E-state index in [0.29, 0.717) is 5.56 Å². The van der Waals surface area contributed by atoms with Crippen molar-refractivity contribution in [3.63, 3.8) is 0 Å². The molecule has 2 aromatic rings. The van der Waals surface area contributed by atoms with E-state index in [4.69, 9.17) is 11.6 Å². The van der Waals surface area contributed by atoms with Crippen LogP contribution in [0.15, 0.2) is 36.4 Å². The summed E-state index contributed by atoms with van der Waals surface area (Å²) in [7, 11) is 0. The van der Waals surface area contributed by atoms with Crippen molar-refractivity contribution in [1.29, 1.82) is 0 Å². The molecule has 21 heavy (non-hydrogen) atoms. The first kappa shape index (κ1) is 15.4. The molecule has 1 heterocycles. The Bertz CT molecular complexity index is 630. The Morgan fingerprint density at radius 1 is 1.24 bits per heavy atom. The van der Waals surface area contributed by atoms with E-state index in [-0.39, 0.29) is 10.8 Å². The number of pyridine rings is 1. The number of nitro groups is 1. The standard InChI is InChI=1S/C16H17ClN2O2/c1-2-3-5-10-13-11-14(12-8-6-4-7-9-12)15(19(20)21)16(17)18-13/h4,6-9,11H,2-3,5,10H2,1H3. The van der Waals surface area contributed by atoms with Crippen LogP contribution in [0.3, 0.4) is 0 Å². The van der Waals surface area contributed by atoms with Crippen molar-refractivity contribution in [3.8, 4) is 11.1 Å². The maximum absolute atomic E-state index is 11.3. The highest BCUT2D eigenvalue weighted by molar-refractivity contribution is 6.32. The molecule has 0 N–H and O–H groups in total. The van der Waals surface area contributed by atoms with Crippen molar-refractivity contribution < 1.29 is 4.92 Å². The van der Waals surface area contributed by atoms with Crippen LogP contribution in [-0.4, -0.2) is 9.91 Å². The SMILES string of the molecule is CCCCCc1cc(-c2ccccc2)c([N+](=O)[O-])c(Cl)n1. The van der Waals surface area contributed by atoms with Crippen LogP contribution in [0.4, 0.5) is 5.69 Å². The molecule has 1 aromatic heterocycles. The minimum Gasteiger partial charge on any atom is -0.258 e. The summed E-state index contributed by atoms with van der Waals surface area (Å²) in [6, 6.07) is 11.0. The van der Waals surface area contributed by atoms with E-state index < -0.39 is 4.92 Å². The number of nitrogens with zero attached hydrogens (tertiary/aromatic N) is 2. The number of hydrogen-bond acceptors (Lipinski definition) is 3. The van der Waals surface area contributed by atoms with Gasteiger partial charge < -0.3 is 0 Å². The van der Waals surface area contributed by atoms with Crippen molar-refractivity contribution >= 4 is 17.3 Å². The van der Waals surface area contributed by atoms with E-state index in [1.807, 2.05) is 30.3 Å². The van der Waals surface area contributed by atoms with Gasteiger partial charge in [-0.25, -0.2) is 4.98 Å². The van der Waals surface area contributed by atoms with Gasteiger partial charge in [-0.1, -0.05) is 61.7 Å². The van der Waals surface area contributed by atoms with Gasteiger partial charge in [-0.2, -0.15) is 0 Å². The predicted octanol–water partition coefficient (Wildman–Crippen LogP) is 5.04. The number of unbranched alkanes of at least 4 members (excludes halogenated alkanes) is 2. The van der Waals surface area contributed by atoms with Gasteiger partial charge in [0.15, 0.2) is 0 Å². The van der Waals surface area contributed by atoms with Crippen molar-refractivity contribution in [2.45, 2.75) is 32.6 Å². The van der Waals surface area contributed by atoms with Gasteiger partial charge in [0.25, 0.3) is 0 Å². The molecule has 0 unspecified atom stereocenters. The summed E-state index contributed by atoms with van der Waals surface area (Å²) >= 11 is 6.04. The summed E-state index contributed by atoms with van der Waals surface area (Å²) in [6.07, 6.45) is 4.01. The fraction of sp³-hybridized carbons (Fsp3) is 0.312. The smallest absolute Gasteiger partial charge is 0.258 e. The Balaban J connectivity index is 2.46. The van der Waals surface area contributed by atoms with E-state index in [0.717, 1.165) is 36.9 Å². The normalized spacial score (nSPS) is 10.6. The molecular weight excluding hydrogens is 288 g/mol. The van der Waals surface area contributed by atoms with Crippen LogP contribution in [0.5, 0.6) is 0 Å². The number of hydrogen-bond donors (Lipinski definition) is 0. The first-order valence-electron chi connectivity index (χ1n) is 7.02. The molecule has 0 aliphatic heterocycles. The van der Waals surface area contributed by atoms with Gasteiger partial charge in [0.1, 0.15) is 0 Å². The van der Waals surface area contributed by atoms with Gasteiger partial charge in [-0.05, 0) is 24.5 Å². The minimum absolute atomic E-state index is 0.0344. The molecule has 0 aliphatic rings. The summed E-state index contributed by atoms with van der Waals surface area (Å²) in [5.41, 5.74) is 2.00. The second kappa shape index (κ2) is 7.18. The topological polar surface area (TPSA) is 56.0 Å². The van der Waals surface area contributed by atoms with Crippen LogP contribution in [0.1, 0.15) is 31.9 Å². The summed E-state index contributed by atoms with van der Waals surface area (Å²) < 4.78 is 0. The summed E-state index contributed by atoms with van der Waals surface area (Å²) in [4.78, 5) is 15.0. The zero-order valence-electron chi connectivity index (χ0n) is 11.9. The maximum Gasteiger partial charge on any atom is 0.314 e. The van der Waals surface area contributed by atoms with E-state index in [1.165, 1.54) is 0 Å². The summed E-state index contributed by atoms with van der Waals surface area (Å²) in [5, 5.41) is 11.2. The molecule has 0 amide bonds. The molecule has 1 aromatic carbocycles. The zero-order valence-corrected chi connectivity index (χ0v) is 12.6. The van der Waals surface area contributed by atoms with Crippen LogP contribution in [-0.2, 0) is 6.42 Å². The lowest BCUT2D eigenvalue weighted by atomic mass is 10.0. The van der Waals surface area contributed by atoms with Crippen LogP contribution in [0.25, 0.3) is 11.1 Å². The fourth-order valence-electron chi connectivity index (χ4n) is 2.25. The molecule has 0 fully saturated rings. The predicted molar refractivity (Wildman–Crippen MR) is 84.6 cm³/mol. The molecule has 0 bridgehead atoms. The summed E-state index contributed by atoms with van der Waals surface area (Å²) in [5.74, 6) is 0. The zero-order chi connectivity index (χ0) is 15.2. The fourth-order valence-corrected chi connectivity index (χ4v) is 2.53. The number of rotatable bonds is 6. The lowest BCUT2D eigenvalue weighted by molar-refractivity contribution is -0.384.